The molecule has 2 aromatic carbocycles. The summed E-state index contributed by atoms with van der Waals surface area (Å²) in [7, 11) is 0. The first kappa shape index (κ1) is 24.1. The zero-order valence-corrected chi connectivity index (χ0v) is 21.5. The van der Waals surface area contributed by atoms with E-state index < -0.39 is 0 Å². The Kier molecular flexibility index (Phi) is 6.27. The van der Waals surface area contributed by atoms with Gasteiger partial charge >= 0.3 is 0 Å². The summed E-state index contributed by atoms with van der Waals surface area (Å²) in [6.45, 7) is 4.12. The number of aryl methyl sites for hydroxylation is 1. The summed E-state index contributed by atoms with van der Waals surface area (Å²) < 4.78 is 13.5. The molecule has 3 aromatic rings. The molecule has 38 heavy (non-hydrogen) atoms. The molecule has 2 heterocycles. The van der Waals surface area contributed by atoms with E-state index in [1.165, 1.54) is 35.0 Å². The number of hydrogen-bond donors (Lipinski definition) is 2. The van der Waals surface area contributed by atoms with Crippen LogP contribution in [-0.2, 0) is 0 Å². The lowest BCUT2D eigenvalue weighted by molar-refractivity contribution is 0.0926. The zero-order chi connectivity index (χ0) is 26.2. The topological polar surface area (TPSA) is 70.2 Å². The van der Waals surface area contributed by atoms with E-state index in [4.69, 9.17) is 0 Å². The molecule has 1 aromatic heterocycles. The smallest absolute Gasteiger partial charge is 0.271 e. The fraction of sp³-hybridized carbons (Fsp3) is 0.258. The van der Waals surface area contributed by atoms with Crippen molar-refractivity contribution < 1.29 is 9.18 Å². The highest BCUT2D eigenvalue weighted by atomic mass is 19.1. The minimum absolute atomic E-state index is 0.146. The Morgan fingerprint density at radius 2 is 1.92 bits per heavy atom. The molecule has 7 heteroatoms. The lowest BCUT2D eigenvalue weighted by Gasteiger charge is -2.31. The second-order valence-electron chi connectivity index (χ2n) is 10.2. The number of halogens is 1. The minimum atomic E-state index is -0.245. The lowest BCUT2D eigenvalue weighted by atomic mass is 9.78. The van der Waals surface area contributed by atoms with Crippen molar-refractivity contribution in [3.05, 3.63) is 124 Å². The molecule has 0 saturated carbocycles. The van der Waals surface area contributed by atoms with Gasteiger partial charge in [0.15, 0.2) is 0 Å². The van der Waals surface area contributed by atoms with E-state index in [1.54, 1.807) is 18.3 Å². The van der Waals surface area contributed by atoms with Crippen LogP contribution in [0.1, 0.15) is 54.0 Å². The summed E-state index contributed by atoms with van der Waals surface area (Å²) in [6, 6.07) is 16.6. The Bertz CT molecular complexity index is 1440. The average molecular weight is 508 g/mol. The van der Waals surface area contributed by atoms with Crippen LogP contribution in [0.5, 0.6) is 0 Å². The second-order valence-corrected chi connectivity index (χ2v) is 10.2. The van der Waals surface area contributed by atoms with E-state index in [0.29, 0.717) is 11.6 Å². The number of hydrazine groups is 1. The molecule has 1 unspecified atom stereocenters. The number of allylic oxidation sites excluding steroid dienone is 4. The molecule has 6 rings (SSSR count). The molecule has 0 saturated heterocycles. The number of aromatic nitrogens is 2. The fourth-order valence-corrected chi connectivity index (χ4v) is 5.95. The number of rotatable bonds is 6. The van der Waals surface area contributed by atoms with E-state index >= 15 is 0 Å². The van der Waals surface area contributed by atoms with Gasteiger partial charge in [0.25, 0.3) is 5.91 Å². The molecule has 1 amide bonds. The highest BCUT2D eigenvalue weighted by Gasteiger charge is 2.39. The maximum absolute atomic E-state index is 13.5. The normalized spacial score (nSPS) is 20.8. The van der Waals surface area contributed by atoms with Crippen LogP contribution in [0, 0.1) is 24.6 Å². The number of fused-ring (bicyclic) bond motifs is 1. The number of carbonyl (C=O) groups is 1. The van der Waals surface area contributed by atoms with Crippen molar-refractivity contribution in [3.63, 3.8) is 0 Å². The average Bonchev–Trinajstić information content (AvgIpc) is 3.54. The van der Waals surface area contributed by atoms with Gasteiger partial charge in [-0.2, -0.15) is 0 Å². The molecule has 192 valence electrons. The standard InChI is InChI=1S/C31H30FN5O/c1-19-16-34-28(18-33-19)31(38)36-27(21-6-4-3-5-7-21)14-22-8-9-23-15-29-26(20(2)30(22)23)17-35-37(29)25-12-10-24(32)11-13-25/h3-7,10-13,15-18,20,22,27,35H,8-9,14H2,1-2H3,(H,36,38)/t20-,22+,27?/m0/s1. The number of nitrogens with zero attached hydrogens (tertiary/aromatic N) is 3. The van der Waals surface area contributed by atoms with Crippen molar-refractivity contribution in [2.45, 2.75) is 39.2 Å². The minimum Gasteiger partial charge on any atom is -0.344 e. The van der Waals surface area contributed by atoms with Gasteiger partial charge in [-0.3, -0.25) is 14.8 Å². The number of benzene rings is 2. The summed E-state index contributed by atoms with van der Waals surface area (Å²) in [4.78, 5) is 21.6. The van der Waals surface area contributed by atoms with Gasteiger partial charge in [-0.15, -0.1) is 0 Å². The first-order valence-electron chi connectivity index (χ1n) is 13.1. The third-order valence-electron chi connectivity index (χ3n) is 7.83. The van der Waals surface area contributed by atoms with Crippen molar-refractivity contribution in [2.75, 3.05) is 5.01 Å². The van der Waals surface area contributed by atoms with Gasteiger partial charge in [-0.1, -0.05) is 42.8 Å². The molecule has 0 spiro atoms. The third-order valence-corrected chi connectivity index (χ3v) is 7.83. The van der Waals surface area contributed by atoms with E-state index in [9.17, 15) is 9.18 Å². The van der Waals surface area contributed by atoms with Crippen LogP contribution in [-0.4, -0.2) is 15.9 Å². The highest BCUT2D eigenvalue weighted by molar-refractivity contribution is 5.92. The van der Waals surface area contributed by atoms with Crippen LogP contribution >= 0.6 is 0 Å². The monoisotopic (exact) mass is 507 g/mol. The first-order valence-corrected chi connectivity index (χ1v) is 13.1. The number of nitrogens with one attached hydrogen (secondary N) is 2. The molecule has 0 bridgehead atoms. The Balaban J connectivity index is 1.27. The van der Waals surface area contributed by atoms with Gasteiger partial charge in [-0.25, -0.2) is 9.37 Å². The Labute approximate surface area is 222 Å². The van der Waals surface area contributed by atoms with Crippen LogP contribution in [0.4, 0.5) is 10.1 Å². The Morgan fingerprint density at radius 3 is 2.66 bits per heavy atom. The Morgan fingerprint density at radius 1 is 1.13 bits per heavy atom. The molecular formula is C31H30FN5O. The number of hydrogen-bond acceptors (Lipinski definition) is 5. The van der Waals surface area contributed by atoms with Crippen LogP contribution < -0.4 is 15.8 Å². The number of carbonyl (C=O) groups excluding carboxylic acids is 1. The van der Waals surface area contributed by atoms with Gasteiger partial charge in [0, 0.05) is 23.9 Å². The van der Waals surface area contributed by atoms with Crippen LogP contribution in [0.15, 0.2) is 102 Å². The van der Waals surface area contributed by atoms with Gasteiger partial charge in [0.1, 0.15) is 11.5 Å². The maximum Gasteiger partial charge on any atom is 0.271 e. The van der Waals surface area contributed by atoms with Crippen molar-refractivity contribution in [2.24, 2.45) is 11.8 Å². The van der Waals surface area contributed by atoms with Crippen LogP contribution in [0.3, 0.4) is 0 Å². The SMILES string of the molecule is Cc1cnc(C(=O)NC(C[C@H]2CCC3=C2[C@@H](C)C2=CNN(c4ccc(F)cc4)C2=C3)c2ccccc2)cn1. The quantitative estimate of drug-likeness (QED) is 0.433. The number of anilines is 1. The number of amides is 1. The first-order chi connectivity index (χ1) is 18.5. The fourth-order valence-electron chi connectivity index (χ4n) is 5.95. The summed E-state index contributed by atoms with van der Waals surface area (Å²) >= 11 is 0. The molecule has 1 aliphatic heterocycles. The predicted octanol–water partition coefficient (Wildman–Crippen LogP) is 5.93. The van der Waals surface area contributed by atoms with Crippen molar-refractivity contribution in [1.29, 1.82) is 0 Å². The van der Waals surface area contributed by atoms with Gasteiger partial charge in [0.2, 0.25) is 0 Å². The molecule has 2 N–H and O–H groups in total. The van der Waals surface area contributed by atoms with E-state index in [0.717, 1.165) is 41.9 Å². The summed E-state index contributed by atoms with van der Waals surface area (Å²) in [5.41, 5.74) is 11.6. The maximum atomic E-state index is 13.5. The van der Waals surface area contributed by atoms with Crippen LogP contribution in [0.2, 0.25) is 0 Å². The third kappa shape index (κ3) is 4.49. The molecule has 6 nitrogen and oxygen atoms in total. The van der Waals surface area contributed by atoms with E-state index in [-0.39, 0.29) is 23.7 Å². The summed E-state index contributed by atoms with van der Waals surface area (Å²) in [5, 5.41) is 5.27. The lowest BCUT2D eigenvalue weighted by Crippen LogP contribution is -2.32. The summed E-state index contributed by atoms with van der Waals surface area (Å²) in [6.07, 6.45) is 10.3. The van der Waals surface area contributed by atoms with Crippen molar-refractivity contribution in [3.8, 4) is 0 Å². The molecule has 0 radical (unpaired) electrons. The van der Waals surface area contributed by atoms with Crippen molar-refractivity contribution in [1.82, 2.24) is 20.7 Å². The zero-order valence-electron chi connectivity index (χ0n) is 21.5. The van der Waals surface area contributed by atoms with Gasteiger partial charge in [-0.05, 0) is 73.6 Å². The van der Waals surface area contributed by atoms with Crippen molar-refractivity contribution >= 4 is 11.6 Å². The largest absolute Gasteiger partial charge is 0.344 e. The van der Waals surface area contributed by atoms with Gasteiger partial charge < -0.3 is 10.7 Å². The second kappa shape index (κ2) is 9.89. The van der Waals surface area contributed by atoms with E-state index in [1.807, 2.05) is 30.1 Å². The van der Waals surface area contributed by atoms with Crippen LogP contribution in [0.25, 0.3) is 0 Å². The molecular weight excluding hydrogens is 477 g/mol. The van der Waals surface area contributed by atoms with E-state index in [2.05, 4.69) is 52.0 Å². The molecule has 2 aliphatic carbocycles. The van der Waals surface area contributed by atoms with Gasteiger partial charge in [0.05, 0.1) is 29.3 Å². The Hall–Kier alpha value is -4.26. The molecule has 3 aliphatic rings. The highest BCUT2D eigenvalue weighted by Crippen LogP contribution is 2.49. The predicted molar refractivity (Wildman–Crippen MR) is 145 cm³/mol. The summed E-state index contributed by atoms with van der Waals surface area (Å²) in [5.74, 6) is 0.124. The molecule has 3 atom stereocenters. The molecule has 0 fully saturated rings.